The van der Waals surface area contributed by atoms with Gasteiger partial charge in [-0.1, -0.05) is 23.4 Å². The summed E-state index contributed by atoms with van der Waals surface area (Å²) in [5, 5.41) is 22.1. The third-order valence-corrected chi connectivity index (χ3v) is 3.82. The molecule has 1 amide bonds. The Morgan fingerprint density at radius 2 is 2.04 bits per heavy atom. The van der Waals surface area contributed by atoms with Gasteiger partial charge in [-0.2, -0.15) is 0 Å². The molecule has 0 spiro atoms. The quantitative estimate of drug-likeness (QED) is 0.604. The van der Waals surface area contributed by atoms with Gasteiger partial charge in [0.05, 0.1) is 11.2 Å². The van der Waals surface area contributed by atoms with Crippen molar-refractivity contribution in [3.8, 4) is 5.69 Å². The number of nitrogens with zero attached hydrogens (tertiary/aromatic N) is 7. The van der Waals surface area contributed by atoms with E-state index in [0.29, 0.717) is 5.69 Å². The molecular formula is C16H14N8O. The Hall–Kier alpha value is -3.62. The summed E-state index contributed by atoms with van der Waals surface area (Å²) in [5.41, 5.74) is 3.97. The van der Waals surface area contributed by atoms with Crippen molar-refractivity contribution in [2.75, 3.05) is 5.32 Å². The Bertz CT molecular complexity index is 1040. The number of carbonyl (C=O) groups is 1. The molecule has 0 fully saturated rings. The number of tetrazole rings is 1. The number of rotatable bonds is 4. The fourth-order valence-electron chi connectivity index (χ4n) is 2.53. The molecule has 0 aliphatic carbocycles. The van der Waals surface area contributed by atoms with Crippen molar-refractivity contribution in [1.82, 2.24) is 35.2 Å². The lowest BCUT2D eigenvalue weighted by Gasteiger charge is -2.10. The summed E-state index contributed by atoms with van der Waals surface area (Å²) in [6, 6.07) is 13.1. The molecule has 0 unspecified atom stereocenters. The first-order valence-electron chi connectivity index (χ1n) is 7.63. The summed E-state index contributed by atoms with van der Waals surface area (Å²) in [4.78, 5) is 12.4. The van der Waals surface area contributed by atoms with Crippen LogP contribution in [0, 0.1) is 6.92 Å². The lowest BCUT2D eigenvalue weighted by molar-refractivity contribution is -0.116. The van der Waals surface area contributed by atoms with Gasteiger partial charge in [-0.25, -0.2) is 9.36 Å². The number of nitrogens with one attached hydrogen (secondary N) is 1. The molecule has 2 aromatic carbocycles. The average Bonchev–Trinajstić information content (AvgIpc) is 3.27. The summed E-state index contributed by atoms with van der Waals surface area (Å²) in [5.74, 6) is -0.187. The smallest absolute Gasteiger partial charge is 0.246 e. The fourth-order valence-corrected chi connectivity index (χ4v) is 2.53. The highest BCUT2D eigenvalue weighted by atomic mass is 16.2. The summed E-state index contributed by atoms with van der Waals surface area (Å²) in [6.45, 7) is 2.00. The molecule has 2 aromatic heterocycles. The van der Waals surface area contributed by atoms with Gasteiger partial charge in [-0.05, 0) is 47.2 Å². The van der Waals surface area contributed by atoms with Crippen LogP contribution in [-0.4, -0.2) is 41.1 Å². The number of anilines is 1. The van der Waals surface area contributed by atoms with Crippen molar-refractivity contribution in [3.05, 3.63) is 54.4 Å². The van der Waals surface area contributed by atoms with Gasteiger partial charge in [0.1, 0.15) is 18.4 Å². The van der Waals surface area contributed by atoms with Gasteiger partial charge in [-0.3, -0.25) is 4.79 Å². The standard InChI is InChI=1S/C16H14N8O/c1-11-6-7-12(24-10-17-20-22-24)8-14(11)18-16(25)9-23-15-5-3-2-4-13(15)19-21-23/h2-8,10H,9H2,1H3,(H,18,25). The first kappa shape index (κ1) is 14.9. The summed E-state index contributed by atoms with van der Waals surface area (Å²) >= 11 is 0. The van der Waals surface area contributed by atoms with E-state index in [1.165, 1.54) is 11.0 Å². The highest BCUT2D eigenvalue weighted by Gasteiger charge is 2.11. The van der Waals surface area contributed by atoms with Crippen LogP contribution in [0.15, 0.2) is 48.8 Å². The maximum absolute atomic E-state index is 12.4. The van der Waals surface area contributed by atoms with Gasteiger partial charge in [0.2, 0.25) is 5.91 Å². The molecule has 9 heteroatoms. The molecule has 0 radical (unpaired) electrons. The van der Waals surface area contributed by atoms with Gasteiger partial charge in [-0.15, -0.1) is 10.2 Å². The number of carbonyl (C=O) groups excluding carboxylic acids is 1. The van der Waals surface area contributed by atoms with E-state index in [-0.39, 0.29) is 12.5 Å². The van der Waals surface area contributed by atoms with Crippen molar-refractivity contribution in [1.29, 1.82) is 0 Å². The predicted molar refractivity (Wildman–Crippen MR) is 90.0 cm³/mol. The van der Waals surface area contributed by atoms with Crippen LogP contribution < -0.4 is 5.32 Å². The van der Waals surface area contributed by atoms with Crippen molar-refractivity contribution in [2.24, 2.45) is 0 Å². The molecule has 4 rings (SSSR count). The van der Waals surface area contributed by atoms with Crippen LogP contribution in [0.25, 0.3) is 16.7 Å². The predicted octanol–water partition coefficient (Wildman–Crippen LogP) is 1.35. The number of benzene rings is 2. The third-order valence-electron chi connectivity index (χ3n) is 3.82. The summed E-state index contributed by atoms with van der Waals surface area (Å²) < 4.78 is 3.10. The topological polar surface area (TPSA) is 103 Å². The molecule has 25 heavy (non-hydrogen) atoms. The van der Waals surface area contributed by atoms with E-state index in [4.69, 9.17) is 0 Å². The Kier molecular flexibility index (Phi) is 3.65. The molecule has 4 aromatic rings. The van der Waals surface area contributed by atoms with Gasteiger partial charge in [0, 0.05) is 5.69 Å². The molecule has 9 nitrogen and oxygen atoms in total. The number of aromatic nitrogens is 7. The molecular weight excluding hydrogens is 320 g/mol. The minimum Gasteiger partial charge on any atom is -0.324 e. The monoisotopic (exact) mass is 334 g/mol. The lowest BCUT2D eigenvalue weighted by atomic mass is 10.2. The molecule has 0 atom stereocenters. The van der Waals surface area contributed by atoms with Crippen molar-refractivity contribution in [2.45, 2.75) is 13.5 Å². The Morgan fingerprint density at radius 3 is 2.88 bits per heavy atom. The van der Waals surface area contributed by atoms with E-state index < -0.39 is 0 Å². The minimum atomic E-state index is -0.187. The van der Waals surface area contributed by atoms with Crippen LogP contribution in [0.1, 0.15) is 5.56 Å². The van der Waals surface area contributed by atoms with E-state index in [1.54, 1.807) is 4.68 Å². The zero-order valence-corrected chi connectivity index (χ0v) is 13.4. The molecule has 2 heterocycles. The van der Waals surface area contributed by atoms with Crippen molar-refractivity contribution >= 4 is 22.6 Å². The van der Waals surface area contributed by atoms with Gasteiger partial charge >= 0.3 is 0 Å². The van der Waals surface area contributed by atoms with Gasteiger partial charge in [0.15, 0.2) is 0 Å². The van der Waals surface area contributed by atoms with Crippen LogP contribution in [0.5, 0.6) is 0 Å². The van der Waals surface area contributed by atoms with E-state index in [1.807, 2.05) is 49.4 Å². The number of amides is 1. The second-order valence-electron chi connectivity index (χ2n) is 5.54. The lowest BCUT2D eigenvalue weighted by Crippen LogP contribution is -2.20. The fraction of sp³-hybridized carbons (Fsp3) is 0.125. The van der Waals surface area contributed by atoms with Crippen LogP contribution in [0.4, 0.5) is 5.69 Å². The molecule has 0 aliphatic heterocycles. The Labute approximate surface area is 142 Å². The number of para-hydroxylation sites is 1. The van der Waals surface area contributed by atoms with E-state index in [2.05, 4.69) is 31.2 Å². The largest absolute Gasteiger partial charge is 0.324 e. The molecule has 124 valence electrons. The van der Waals surface area contributed by atoms with Crippen LogP contribution in [0.2, 0.25) is 0 Å². The highest BCUT2D eigenvalue weighted by Crippen LogP contribution is 2.19. The van der Waals surface area contributed by atoms with Crippen LogP contribution in [0.3, 0.4) is 0 Å². The molecule has 0 aliphatic rings. The van der Waals surface area contributed by atoms with E-state index in [9.17, 15) is 4.79 Å². The number of hydrogen-bond donors (Lipinski definition) is 1. The third kappa shape index (κ3) is 2.94. The first-order chi connectivity index (χ1) is 12.2. The average molecular weight is 334 g/mol. The Balaban J connectivity index is 1.55. The van der Waals surface area contributed by atoms with Crippen molar-refractivity contribution in [3.63, 3.8) is 0 Å². The maximum atomic E-state index is 12.4. The van der Waals surface area contributed by atoms with Gasteiger partial charge < -0.3 is 5.32 Å². The van der Waals surface area contributed by atoms with E-state index >= 15 is 0 Å². The van der Waals surface area contributed by atoms with Crippen LogP contribution >= 0.6 is 0 Å². The number of fused-ring (bicyclic) bond motifs is 1. The molecule has 1 N–H and O–H groups in total. The second kappa shape index (κ2) is 6.11. The van der Waals surface area contributed by atoms with Gasteiger partial charge in [0.25, 0.3) is 0 Å². The zero-order valence-electron chi connectivity index (χ0n) is 13.4. The maximum Gasteiger partial charge on any atom is 0.246 e. The minimum absolute atomic E-state index is 0.0784. The molecule has 0 bridgehead atoms. The first-order valence-corrected chi connectivity index (χ1v) is 7.63. The summed E-state index contributed by atoms with van der Waals surface area (Å²) in [7, 11) is 0. The van der Waals surface area contributed by atoms with Crippen LogP contribution in [-0.2, 0) is 11.3 Å². The van der Waals surface area contributed by atoms with E-state index in [0.717, 1.165) is 22.3 Å². The highest BCUT2D eigenvalue weighted by molar-refractivity contribution is 5.92. The second-order valence-corrected chi connectivity index (χ2v) is 5.54. The number of hydrogen-bond acceptors (Lipinski definition) is 6. The van der Waals surface area contributed by atoms with Crippen molar-refractivity contribution < 1.29 is 4.79 Å². The summed E-state index contributed by atoms with van der Waals surface area (Å²) in [6.07, 6.45) is 1.50. The normalized spacial score (nSPS) is 10.9. The Morgan fingerprint density at radius 1 is 1.16 bits per heavy atom. The zero-order chi connectivity index (χ0) is 17.2. The number of aryl methyl sites for hydroxylation is 1. The SMILES string of the molecule is Cc1ccc(-n2cnnn2)cc1NC(=O)Cn1nnc2ccccc21. The molecule has 0 saturated carbocycles. The molecule has 0 saturated heterocycles.